The van der Waals surface area contributed by atoms with Gasteiger partial charge >= 0.3 is 0 Å². The van der Waals surface area contributed by atoms with Crippen LogP contribution in [0.4, 0.5) is 5.95 Å². The molecule has 0 spiro atoms. The highest BCUT2D eigenvalue weighted by Gasteiger charge is 2.34. The molecule has 1 aromatic carbocycles. The predicted octanol–water partition coefficient (Wildman–Crippen LogP) is 4.03. The number of hydrogen-bond acceptors (Lipinski definition) is 6. The lowest BCUT2D eigenvalue weighted by atomic mass is 10.2. The normalized spacial score (nSPS) is 16.4. The van der Waals surface area contributed by atoms with Gasteiger partial charge in [-0.1, -0.05) is 6.07 Å². The van der Waals surface area contributed by atoms with Crippen molar-refractivity contribution < 1.29 is 9.53 Å². The molecule has 152 valence electrons. The fraction of sp³-hybridized carbons (Fsp3) is 0.409. The van der Waals surface area contributed by atoms with Crippen LogP contribution in [0.1, 0.15) is 30.3 Å². The molecular weight excluding hydrogens is 384 g/mol. The van der Waals surface area contributed by atoms with E-state index in [-0.39, 0.29) is 11.9 Å². The topological polar surface area (TPSA) is 58.6 Å². The molecule has 0 bridgehead atoms. The van der Waals surface area contributed by atoms with Gasteiger partial charge in [-0.3, -0.25) is 4.79 Å². The number of fused-ring (bicyclic) bond motifs is 1. The molecule has 0 radical (unpaired) electrons. The number of thiophene rings is 1. The van der Waals surface area contributed by atoms with Crippen LogP contribution in [0.5, 0.6) is 5.75 Å². The molecule has 0 saturated carbocycles. The van der Waals surface area contributed by atoms with Gasteiger partial charge < -0.3 is 14.5 Å². The molecule has 3 heterocycles. The largest absolute Gasteiger partial charge is 0.494 e. The van der Waals surface area contributed by atoms with Gasteiger partial charge in [0.1, 0.15) is 11.8 Å². The van der Waals surface area contributed by atoms with Crippen molar-refractivity contribution in [3.8, 4) is 5.75 Å². The van der Waals surface area contributed by atoms with Crippen molar-refractivity contribution in [2.24, 2.45) is 0 Å². The summed E-state index contributed by atoms with van der Waals surface area (Å²) in [7, 11) is 1.88. The van der Waals surface area contributed by atoms with E-state index in [1.807, 2.05) is 55.4 Å². The van der Waals surface area contributed by atoms with E-state index < -0.39 is 0 Å². The van der Waals surface area contributed by atoms with Crippen molar-refractivity contribution in [2.75, 3.05) is 25.1 Å². The van der Waals surface area contributed by atoms with E-state index in [1.54, 1.807) is 11.3 Å². The second-order valence-corrected chi connectivity index (χ2v) is 8.38. The predicted molar refractivity (Wildman–Crippen MR) is 117 cm³/mol. The van der Waals surface area contributed by atoms with Gasteiger partial charge in [-0.05, 0) is 56.3 Å². The number of amides is 1. The van der Waals surface area contributed by atoms with Gasteiger partial charge in [0.2, 0.25) is 11.9 Å². The maximum absolute atomic E-state index is 13.1. The number of likely N-dealkylation sites (N-methyl/N-ethyl adjacent to an activating group) is 1. The SMILES string of the molecule is CCOc1ccc2nc(N3CCCC3C(=O)N(C)Cc3cccs3)nc(C)c2c1. The lowest BCUT2D eigenvalue weighted by molar-refractivity contribution is -0.131. The third-order valence-electron chi connectivity index (χ3n) is 5.30. The van der Waals surface area contributed by atoms with E-state index in [9.17, 15) is 4.79 Å². The van der Waals surface area contributed by atoms with Gasteiger partial charge in [0, 0.05) is 23.9 Å². The molecule has 1 saturated heterocycles. The van der Waals surface area contributed by atoms with E-state index in [1.165, 1.54) is 4.88 Å². The molecule has 1 unspecified atom stereocenters. The minimum absolute atomic E-state index is 0.129. The Hall–Kier alpha value is -2.67. The number of ether oxygens (including phenoxy) is 1. The van der Waals surface area contributed by atoms with Crippen LogP contribution in [-0.4, -0.2) is 47.0 Å². The molecule has 29 heavy (non-hydrogen) atoms. The number of hydrogen-bond donors (Lipinski definition) is 0. The van der Waals surface area contributed by atoms with Gasteiger partial charge in [0.25, 0.3) is 0 Å². The fourth-order valence-electron chi connectivity index (χ4n) is 3.86. The Balaban J connectivity index is 1.58. The van der Waals surface area contributed by atoms with E-state index in [2.05, 4.69) is 11.0 Å². The van der Waals surface area contributed by atoms with Crippen LogP contribution in [0.2, 0.25) is 0 Å². The third-order valence-corrected chi connectivity index (χ3v) is 6.16. The Morgan fingerprint density at radius 1 is 1.34 bits per heavy atom. The Kier molecular flexibility index (Phi) is 5.67. The summed E-state index contributed by atoms with van der Waals surface area (Å²) in [4.78, 5) is 27.7. The Bertz CT molecular complexity index is 1010. The number of rotatable bonds is 6. The second kappa shape index (κ2) is 8.37. The first kappa shape index (κ1) is 19.6. The summed E-state index contributed by atoms with van der Waals surface area (Å²) in [6.07, 6.45) is 1.80. The van der Waals surface area contributed by atoms with Crippen molar-refractivity contribution in [3.63, 3.8) is 0 Å². The zero-order chi connectivity index (χ0) is 20.4. The van der Waals surface area contributed by atoms with Crippen molar-refractivity contribution in [3.05, 3.63) is 46.3 Å². The number of carbonyl (C=O) groups excluding carboxylic acids is 1. The monoisotopic (exact) mass is 410 g/mol. The fourth-order valence-corrected chi connectivity index (χ4v) is 4.62. The smallest absolute Gasteiger partial charge is 0.245 e. The zero-order valence-corrected chi connectivity index (χ0v) is 17.9. The number of anilines is 1. The molecule has 1 aliphatic rings. The molecule has 6 nitrogen and oxygen atoms in total. The summed E-state index contributed by atoms with van der Waals surface area (Å²) in [6, 6.07) is 9.76. The summed E-state index contributed by atoms with van der Waals surface area (Å²) >= 11 is 1.67. The first-order chi connectivity index (χ1) is 14.1. The summed E-state index contributed by atoms with van der Waals surface area (Å²) in [5.74, 6) is 1.59. The van der Waals surface area contributed by atoms with Gasteiger partial charge in [-0.2, -0.15) is 0 Å². The highest BCUT2D eigenvalue weighted by molar-refractivity contribution is 7.09. The summed E-state index contributed by atoms with van der Waals surface area (Å²) in [5, 5.41) is 3.02. The summed E-state index contributed by atoms with van der Waals surface area (Å²) in [5.41, 5.74) is 1.78. The minimum Gasteiger partial charge on any atom is -0.494 e. The average molecular weight is 411 g/mol. The van der Waals surface area contributed by atoms with E-state index in [4.69, 9.17) is 14.7 Å². The van der Waals surface area contributed by atoms with E-state index in [0.717, 1.165) is 41.7 Å². The molecule has 0 aliphatic carbocycles. The molecule has 7 heteroatoms. The number of aromatic nitrogens is 2. The average Bonchev–Trinajstić information content (AvgIpc) is 3.40. The summed E-state index contributed by atoms with van der Waals surface area (Å²) in [6.45, 7) is 6.01. The van der Waals surface area contributed by atoms with Gasteiger partial charge in [-0.25, -0.2) is 9.97 Å². The highest BCUT2D eigenvalue weighted by atomic mass is 32.1. The number of aryl methyl sites for hydroxylation is 1. The molecule has 3 aromatic rings. The van der Waals surface area contributed by atoms with Gasteiger partial charge in [-0.15, -0.1) is 11.3 Å². The standard InChI is InChI=1S/C22H26N4O2S/c1-4-28-16-9-10-19-18(13-16)15(2)23-22(24-19)26-11-5-8-20(26)21(27)25(3)14-17-7-6-12-29-17/h6-7,9-10,12-13,20H,4-5,8,11,14H2,1-3H3. The molecule has 1 atom stereocenters. The van der Waals surface area contributed by atoms with Crippen LogP contribution in [0.3, 0.4) is 0 Å². The summed E-state index contributed by atoms with van der Waals surface area (Å²) < 4.78 is 5.60. The first-order valence-electron chi connectivity index (χ1n) is 10.0. The molecule has 4 rings (SSSR count). The highest BCUT2D eigenvalue weighted by Crippen LogP contribution is 2.28. The van der Waals surface area contributed by atoms with E-state index >= 15 is 0 Å². The lowest BCUT2D eigenvalue weighted by Crippen LogP contribution is -2.44. The van der Waals surface area contributed by atoms with Crippen LogP contribution in [0, 0.1) is 6.92 Å². The third kappa shape index (κ3) is 4.05. The first-order valence-corrected chi connectivity index (χ1v) is 10.9. The van der Waals surface area contributed by atoms with Crippen LogP contribution in [0.25, 0.3) is 10.9 Å². The molecule has 2 aromatic heterocycles. The van der Waals surface area contributed by atoms with E-state index in [0.29, 0.717) is 19.1 Å². The lowest BCUT2D eigenvalue weighted by Gasteiger charge is -2.28. The van der Waals surface area contributed by atoms with Crippen molar-refractivity contribution >= 4 is 34.1 Å². The molecule has 1 fully saturated rings. The molecule has 1 amide bonds. The van der Waals surface area contributed by atoms with Crippen molar-refractivity contribution in [1.82, 2.24) is 14.9 Å². The zero-order valence-electron chi connectivity index (χ0n) is 17.1. The Labute approximate surface area is 175 Å². The number of nitrogens with zero attached hydrogens (tertiary/aromatic N) is 4. The Morgan fingerprint density at radius 2 is 2.21 bits per heavy atom. The van der Waals surface area contributed by atoms with Gasteiger partial charge in [0.15, 0.2) is 0 Å². The maximum atomic E-state index is 13.1. The Morgan fingerprint density at radius 3 is 2.97 bits per heavy atom. The van der Waals surface area contributed by atoms with Crippen LogP contribution in [-0.2, 0) is 11.3 Å². The second-order valence-electron chi connectivity index (χ2n) is 7.35. The minimum atomic E-state index is -0.209. The maximum Gasteiger partial charge on any atom is 0.245 e. The van der Waals surface area contributed by atoms with Crippen LogP contribution in [0.15, 0.2) is 35.7 Å². The molecular formula is C22H26N4O2S. The molecule has 0 N–H and O–H groups in total. The van der Waals surface area contributed by atoms with Gasteiger partial charge in [0.05, 0.1) is 24.4 Å². The quantitative estimate of drug-likeness (QED) is 0.614. The molecule has 1 aliphatic heterocycles. The van der Waals surface area contributed by atoms with Crippen molar-refractivity contribution in [2.45, 2.75) is 39.3 Å². The number of benzene rings is 1. The number of carbonyl (C=O) groups is 1. The van der Waals surface area contributed by atoms with Crippen LogP contribution >= 0.6 is 11.3 Å². The van der Waals surface area contributed by atoms with Crippen molar-refractivity contribution in [1.29, 1.82) is 0 Å². The van der Waals surface area contributed by atoms with Crippen LogP contribution < -0.4 is 9.64 Å².